The minimum atomic E-state index is 0. The van der Waals surface area contributed by atoms with Gasteiger partial charge in [0.15, 0.2) is 0 Å². The summed E-state index contributed by atoms with van der Waals surface area (Å²) in [6.07, 6.45) is 3.12. The second-order valence-corrected chi connectivity index (χ2v) is 16.2. The SMILES string of the molecule is CC(C)Cc1cccc2c1[se]c1c(-c3[c-]c4ccccc4c(C(C)(C)C)c3)nccc12.CC(C)N=C([N-]C(C)C)c1ccccc1.[Ir]. The van der Waals surface area contributed by atoms with Crippen LogP contribution in [0.5, 0.6) is 0 Å². The van der Waals surface area contributed by atoms with Crippen molar-refractivity contribution in [3.05, 3.63) is 119 Å². The molecule has 0 aliphatic heterocycles. The molecule has 2 aromatic heterocycles. The predicted octanol–water partition coefficient (Wildman–Crippen LogP) is 11.2. The van der Waals surface area contributed by atoms with E-state index in [9.17, 15) is 0 Å². The van der Waals surface area contributed by atoms with Gasteiger partial charge in [0.2, 0.25) is 0 Å². The van der Waals surface area contributed by atoms with Gasteiger partial charge in [-0.3, -0.25) is 0 Å². The quantitative estimate of drug-likeness (QED) is 0.0712. The molecule has 0 spiro atoms. The summed E-state index contributed by atoms with van der Waals surface area (Å²) in [6.45, 7) is 19.8. The number of nitrogens with zero attached hydrogens (tertiary/aromatic N) is 3. The topological polar surface area (TPSA) is 39.4 Å². The molecular weight excluding hydrogens is 818 g/mol. The summed E-state index contributed by atoms with van der Waals surface area (Å²) in [7, 11) is 0. The first kappa shape index (κ1) is 36.8. The smallest absolute Gasteiger partial charge is 0 e. The van der Waals surface area contributed by atoms with Crippen LogP contribution in [0.2, 0.25) is 0 Å². The largest absolute Gasteiger partial charge is 0.462 e. The minimum absolute atomic E-state index is 0. The van der Waals surface area contributed by atoms with Gasteiger partial charge in [-0.1, -0.05) is 63.9 Å². The Balaban J connectivity index is 0.000000266. The van der Waals surface area contributed by atoms with Gasteiger partial charge in [-0.15, -0.1) is 0 Å². The number of pyridine rings is 1. The molecule has 0 bridgehead atoms. The monoisotopic (exact) mass is 866 g/mol. The van der Waals surface area contributed by atoms with Gasteiger partial charge in [-0.2, -0.15) is 0 Å². The molecule has 3 nitrogen and oxygen atoms in total. The Hall–Kier alpha value is -3.07. The summed E-state index contributed by atoms with van der Waals surface area (Å²) in [5, 5.41) is 9.78. The molecule has 47 heavy (non-hydrogen) atoms. The fraction of sp³-hybridized carbons (Fsp3) is 0.333. The molecule has 0 saturated heterocycles. The van der Waals surface area contributed by atoms with Gasteiger partial charge in [0.1, 0.15) is 0 Å². The molecule has 0 fully saturated rings. The first-order chi connectivity index (χ1) is 21.9. The Morgan fingerprint density at radius 2 is 1.47 bits per heavy atom. The fourth-order valence-electron chi connectivity index (χ4n) is 5.81. The number of benzene rings is 4. The van der Waals surface area contributed by atoms with Gasteiger partial charge in [0.05, 0.1) is 0 Å². The van der Waals surface area contributed by atoms with Crippen LogP contribution in [0.4, 0.5) is 0 Å². The number of rotatable bonds is 6. The van der Waals surface area contributed by atoms with Crippen LogP contribution in [0.15, 0.2) is 96.1 Å². The molecule has 6 aromatic rings. The molecule has 5 heteroatoms. The van der Waals surface area contributed by atoms with Crippen molar-refractivity contribution in [1.29, 1.82) is 0 Å². The van der Waals surface area contributed by atoms with Crippen molar-refractivity contribution >= 4 is 50.4 Å². The Bertz CT molecular complexity index is 1960. The van der Waals surface area contributed by atoms with E-state index in [0.717, 1.165) is 29.1 Å². The van der Waals surface area contributed by atoms with E-state index >= 15 is 0 Å². The fourth-order valence-corrected chi connectivity index (χ4v) is 8.59. The molecule has 1 radical (unpaired) electrons. The molecule has 0 aliphatic carbocycles. The number of fused-ring (bicyclic) bond motifs is 4. The van der Waals surface area contributed by atoms with Gasteiger partial charge in [0.25, 0.3) is 0 Å². The Labute approximate surface area is 301 Å². The normalized spacial score (nSPS) is 12.1. The van der Waals surface area contributed by atoms with E-state index in [1.807, 2.05) is 36.5 Å². The van der Waals surface area contributed by atoms with Crippen molar-refractivity contribution < 1.29 is 20.1 Å². The molecule has 247 valence electrons. The van der Waals surface area contributed by atoms with Crippen LogP contribution in [0.3, 0.4) is 0 Å². The van der Waals surface area contributed by atoms with E-state index < -0.39 is 0 Å². The van der Waals surface area contributed by atoms with E-state index in [4.69, 9.17) is 4.98 Å². The molecule has 0 unspecified atom stereocenters. The number of amidine groups is 1. The summed E-state index contributed by atoms with van der Waals surface area (Å²) in [5.74, 6) is 1.52. The van der Waals surface area contributed by atoms with Crippen LogP contribution in [0, 0.1) is 12.0 Å². The van der Waals surface area contributed by atoms with Gasteiger partial charge >= 0.3 is 191 Å². The average molecular weight is 865 g/mol. The van der Waals surface area contributed by atoms with Crippen LogP contribution in [0.1, 0.15) is 79.0 Å². The first-order valence-corrected chi connectivity index (χ1v) is 18.2. The number of hydrogen-bond donors (Lipinski definition) is 0. The second kappa shape index (κ2) is 15.9. The molecular formula is C42H47IrN3Se-2. The summed E-state index contributed by atoms with van der Waals surface area (Å²) in [6, 6.07) is 34.4. The van der Waals surface area contributed by atoms with Gasteiger partial charge in [0, 0.05) is 20.1 Å². The molecule has 0 saturated carbocycles. The summed E-state index contributed by atoms with van der Waals surface area (Å²) in [5.41, 5.74) is 6.26. The van der Waals surface area contributed by atoms with Crippen LogP contribution < -0.4 is 0 Å². The van der Waals surface area contributed by atoms with E-state index in [1.54, 1.807) is 4.26 Å². The summed E-state index contributed by atoms with van der Waals surface area (Å²) >= 11 is 0.265. The number of aliphatic imine (C=N–C) groups is 1. The maximum atomic E-state index is 4.91. The van der Waals surface area contributed by atoms with Crippen LogP contribution >= 0.6 is 0 Å². The van der Waals surface area contributed by atoms with E-state index in [-0.39, 0.29) is 52.1 Å². The third-order valence-electron chi connectivity index (χ3n) is 7.75. The van der Waals surface area contributed by atoms with Gasteiger partial charge in [-0.05, 0) is 17.6 Å². The van der Waals surface area contributed by atoms with Gasteiger partial charge < -0.3 is 10.3 Å². The maximum Gasteiger partial charge on any atom is 0 e. The molecule has 0 amide bonds. The summed E-state index contributed by atoms with van der Waals surface area (Å²) in [4.78, 5) is 9.45. The maximum absolute atomic E-state index is 4.91. The molecule has 0 aliphatic rings. The van der Waals surface area contributed by atoms with Crippen molar-refractivity contribution in [2.24, 2.45) is 10.9 Å². The zero-order chi connectivity index (χ0) is 33.0. The Kier molecular flexibility index (Phi) is 12.4. The molecule has 2 heterocycles. The minimum Gasteiger partial charge on any atom is -0.462 e. The second-order valence-electron chi connectivity index (χ2n) is 14.1. The Morgan fingerprint density at radius 3 is 2.13 bits per heavy atom. The zero-order valence-electron chi connectivity index (χ0n) is 29.2. The van der Waals surface area contributed by atoms with E-state index in [0.29, 0.717) is 5.92 Å². The molecule has 4 aromatic carbocycles. The van der Waals surface area contributed by atoms with Crippen molar-refractivity contribution in [2.45, 2.75) is 86.2 Å². The Morgan fingerprint density at radius 1 is 0.809 bits per heavy atom. The number of aromatic nitrogens is 1. The van der Waals surface area contributed by atoms with Crippen LogP contribution in [-0.2, 0) is 31.9 Å². The molecule has 0 atom stereocenters. The first-order valence-electron chi connectivity index (χ1n) is 16.5. The zero-order valence-corrected chi connectivity index (χ0v) is 33.3. The van der Waals surface area contributed by atoms with Crippen LogP contribution in [-0.4, -0.2) is 37.4 Å². The standard InChI is InChI=1S/C29H28NSe.C13H19N2.Ir/c1-18(2)15-20-10-8-12-23-24-13-14-30-26(28(24)31-27(20)23)21-16-19-9-6-7-11-22(19)25(17-21)29(3,4)5;1-10(2)14-13(15-11(3)4)12-8-6-5-7-9-12;/h6-14,17-18H,15H2,1-5H3;5-11H,1-4H3;/q2*-1;. The van der Waals surface area contributed by atoms with E-state index in [1.165, 1.54) is 36.9 Å². The molecule has 0 N–H and O–H groups in total. The summed E-state index contributed by atoms with van der Waals surface area (Å²) < 4.78 is 2.96. The number of hydrogen-bond acceptors (Lipinski definition) is 2. The van der Waals surface area contributed by atoms with Crippen molar-refractivity contribution in [1.82, 2.24) is 4.98 Å². The predicted molar refractivity (Wildman–Crippen MR) is 202 cm³/mol. The van der Waals surface area contributed by atoms with Gasteiger partial charge in [-0.25, -0.2) is 0 Å². The van der Waals surface area contributed by atoms with Crippen LogP contribution in [0.25, 0.3) is 46.6 Å². The van der Waals surface area contributed by atoms with Crippen molar-refractivity contribution in [2.75, 3.05) is 0 Å². The average Bonchev–Trinajstić information content (AvgIpc) is 3.40. The molecule has 6 rings (SSSR count). The third-order valence-corrected chi connectivity index (χ3v) is 10.5. The van der Waals surface area contributed by atoms with Crippen molar-refractivity contribution in [3.63, 3.8) is 0 Å². The van der Waals surface area contributed by atoms with E-state index in [2.05, 4.69) is 133 Å². The van der Waals surface area contributed by atoms with Crippen molar-refractivity contribution in [3.8, 4) is 11.3 Å². The third kappa shape index (κ3) is 8.89.